The van der Waals surface area contributed by atoms with Gasteiger partial charge in [0, 0.05) is 36.4 Å². The maximum Gasteiger partial charge on any atom is 0.165 e. The molecular formula is C20H24N2O. The third kappa shape index (κ3) is 4.13. The van der Waals surface area contributed by atoms with E-state index in [0.29, 0.717) is 6.42 Å². The van der Waals surface area contributed by atoms with Crippen LogP contribution >= 0.6 is 0 Å². The molecule has 3 heteroatoms. The number of rotatable bonds is 0. The molecule has 0 aliphatic carbocycles. The number of fused-ring (bicyclic) bond motifs is 2. The molecule has 0 fully saturated rings. The van der Waals surface area contributed by atoms with Crippen LogP contribution in [0.3, 0.4) is 0 Å². The number of hydrogen-bond acceptors (Lipinski definition) is 3. The summed E-state index contributed by atoms with van der Waals surface area (Å²) in [5.74, 6) is 0.260. The largest absolute Gasteiger partial charge is 0.385 e. The highest BCUT2D eigenvalue weighted by atomic mass is 16.1. The Morgan fingerprint density at radius 2 is 1.39 bits per heavy atom. The summed E-state index contributed by atoms with van der Waals surface area (Å²) in [4.78, 5) is 11.5. The smallest absolute Gasteiger partial charge is 0.165 e. The van der Waals surface area contributed by atoms with Crippen molar-refractivity contribution in [1.29, 1.82) is 0 Å². The van der Waals surface area contributed by atoms with Crippen molar-refractivity contribution in [3.8, 4) is 0 Å². The molecule has 4 rings (SSSR count). The summed E-state index contributed by atoms with van der Waals surface area (Å²) in [6, 6.07) is 16.3. The van der Waals surface area contributed by atoms with Crippen molar-refractivity contribution in [2.45, 2.75) is 32.1 Å². The highest BCUT2D eigenvalue weighted by Crippen LogP contribution is 2.21. The Bertz CT molecular complexity index is 641. The molecule has 3 nitrogen and oxygen atoms in total. The second-order valence-corrected chi connectivity index (χ2v) is 6.04. The van der Waals surface area contributed by atoms with Gasteiger partial charge in [0.05, 0.1) is 0 Å². The summed E-state index contributed by atoms with van der Waals surface area (Å²) in [6.45, 7) is 2.04. The highest BCUT2D eigenvalue weighted by Gasteiger charge is 2.13. The van der Waals surface area contributed by atoms with Crippen LogP contribution in [0, 0.1) is 0 Å². The third-order valence-corrected chi connectivity index (χ3v) is 4.33. The van der Waals surface area contributed by atoms with Crippen molar-refractivity contribution >= 4 is 17.2 Å². The van der Waals surface area contributed by atoms with Crippen LogP contribution in [0.15, 0.2) is 48.5 Å². The fourth-order valence-electron chi connectivity index (χ4n) is 3.06. The molecule has 2 N–H and O–H groups in total. The van der Waals surface area contributed by atoms with E-state index in [2.05, 4.69) is 34.9 Å². The van der Waals surface area contributed by atoms with E-state index >= 15 is 0 Å². The van der Waals surface area contributed by atoms with Gasteiger partial charge >= 0.3 is 0 Å². The summed E-state index contributed by atoms with van der Waals surface area (Å²) in [5, 5.41) is 6.66. The number of carbonyl (C=O) groups is 1. The lowest BCUT2D eigenvalue weighted by molar-refractivity contribution is 0.0984. The predicted octanol–water partition coefficient (Wildman–Crippen LogP) is 4.51. The molecule has 23 heavy (non-hydrogen) atoms. The van der Waals surface area contributed by atoms with Crippen molar-refractivity contribution in [2.24, 2.45) is 0 Å². The zero-order chi connectivity index (χ0) is 15.9. The molecule has 0 radical (unpaired) electrons. The standard InChI is InChI=1S/C10H11NO.C10H13N/c12-10-6-3-7-11-9-5-2-1-4-8(9)10;1-2-7-10-9(5-1)6-3-4-8-11-10/h1-2,4-5,11H,3,6-7H2;1-2,5,7,11H,3-4,6,8H2. The zero-order valence-corrected chi connectivity index (χ0v) is 13.5. The normalized spacial score (nSPS) is 16.3. The molecule has 0 saturated carbocycles. The predicted molar refractivity (Wildman–Crippen MR) is 96.4 cm³/mol. The van der Waals surface area contributed by atoms with Gasteiger partial charge in [0.15, 0.2) is 5.78 Å². The number of anilines is 2. The molecule has 0 spiro atoms. The quantitative estimate of drug-likeness (QED) is 0.752. The molecule has 2 aromatic rings. The molecule has 0 bridgehead atoms. The first-order chi connectivity index (χ1) is 11.3. The molecule has 2 heterocycles. The van der Waals surface area contributed by atoms with E-state index < -0.39 is 0 Å². The van der Waals surface area contributed by atoms with Crippen LogP contribution in [0.4, 0.5) is 11.4 Å². The molecule has 2 aromatic carbocycles. The monoisotopic (exact) mass is 308 g/mol. The van der Waals surface area contributed by atoms with Gasteiger partial charge in [-0.05, 0) is 49.4 Å². The number of ketones is 1. The Hall–Kier alpha value is -2.29. The molecule has 120 valence electrons. The van der Waals surface area contributed by atoms with E-state index in [4.69, 9.17) is 0 Å². The van der Waals surface area contributed by atoms with Gasteiger partial charge in [0.25, 0.3) is 0 Å². The third-order valence-electron chi connectivity index (χ3n) is 4.33. The molecule has 2 aliphatic rings. The van der Waals surface area contributed by atoms with Crippen molar-refractivity contribution in [2.75, 3.05) is 23.7 Å². The molecular weight excluding hydrogens is 284 g/mol. The number of aryl methyl sites for hydroxylation is 1. The van der Waals surface area contributed by atoms with Crippen molar-refractivity contribution < 1.29 is 4.79 Å². The highest BCUT2D eigenvalue weighted by molar-refractivity contribution is 6.01. The molecule has 0 aromatic heterocycles. The van der Waals surface area contributed by atoms with Crippen molar-refractivity contribution in [1.82, 2.24) is 0 Å². The van der Waals surface area contributed by atoms with Gasteiger partial charge in [-0.1, -0.05) is 30.3 Å². The van der Waals surface area contributed by atoms with E-state index in [1.54, 1.807) is 0 Å². The molecule has 0 unspecified atom stereocenters. The van der Waals surface area contributed by atoms with Crippen molar-refractivity contribution in [3.05, 3.63) is 59.7 Å². The lowest BCUT2D eigenvalue weighted by atomic mass is 10.1. The summed E-state index contributed by atoms with van der Waals surface area (Å²) in [5.41, 5.74) is 4.64. The fourth-order valence-corrected chi connectivity index (χ4v) is 3.06. The number of hydrogen-bond donors (Lipinski definition) is 2. The van der Waals surface area contributed by atoms with Crippen LogP contribution < -0.4 is 10.6 Å². The van der Waals surface area contributed by atoms with Crippen LogP contribution in [0.2, 0.25) is 0 Å². The summed E-state index contributed by atoms with van der Waals surface area (Å²) < 4.78 is 0. The van der Waals surface area contributed by atoms with E-state index in [0.717, 1.165) is 30.8 Å². The number of benzene rings is 2. The first kappa shape index (κ1) is 15.6. The van der Waals surface area contributed by atoms with Gasteiger partial charge in [-0.25, -0.2) is 0 Å². The summed E-state index contributed by atoms with van der Waals surface area (Å²) in [7, 11) is 0. The Labute approximate surface area is 138 Å². The van der Waals surface area contributed by atoms with Gasteiger partial charge in [-0.2, -0.15) is 0 Å². The van der Waals surface area contributed by atoms with Crippen LogP contribution in [-0.4, -0.2) is 18.9 Å². The van der Waals surface area contributed by atoms with E-state index in [1.165, 1.54) is 30.5 Å². The SMILES string of the molecule is O=C1CCCNc2ccccc21.c1ccc2c(c1)CCCCN2. The number of carbonyl (C=O) groups excluding carboxylic acids is 1. The maximum atomic E-state index is 11.5. The summed E-state index contributed by atoms with van der Waals surface area (Å²) in [6.07, 6.45) is 5.47. The average Bonchev–Trinajstić information content (AvgIpc) is 2.94. The zero-order valence-electron chi connectivity index (χ0n) is 13.5. The first-order valence-electron chi connectivity index (χ1n) is 8.52. The van der Waals surface area contributed by atoms with E-state index in [-0.39, 0.29) is 5.78 Å². The fraction of sp³-hybridized carbons (Fsp3) is 0.350. The second-order valence-electron chi connectivity index (χ2n) is 6.04. The molecule has 2 aliphatic heterocycles. The number of nitrogens with one attached hydrogen (secondary N) is 2. The Balaban J connectivity index is 0.000000136. The van der Waals surface area contributed by atoms with Crippen LogP contribution in [0.1, 0.15) is 41.6 Å². The minimum Gasteiger partial charge on any atom is -0.385 e. The molecule has 0 atom stereocenters. The van der Waals surface area contributed by atoms with Crippen LogP contribution in [0.5, 0.6) is 0 Å². The minimum absolute atomic E-state index is 0.260. The maximum absolute atomic E-state index is 11.5. The first-order valence-corrected chi connectivity index (χ1v) is 8.52. The van der Waals surface area contributed by atoms with Crippen LogP contribution in [0.25, 0.3) is 0 Å². The van der Waals surface area contributed by atoms with Gasteiger partial charge in [0.2, 0.25) is 0 Å². The lowest BCUT2D eigenvalue weighted by Crippen LogP contribution is -1.99. The lowest BCUT2D eigenvalue weighted by Gasteiger charge is -2.04. The van der Waals surface area contributed by atoms with Gasteiger partial charge < -0.3 is 10.6 Å². The Morgan fingerprint density at radius 1 is 0.696 bits per heavy atom. The van der Waals surface area contributed by atoms with Crippen LogP contribution in [-0.2, 0) is 6.42 Å². The van der Waals surface area contributed by atoms with Gasteiger partial charge in [0.1, 0.15) is 0 Å². The summed E-state index contributed by atoms with van der Waals surface area (Å²) >= 11 is 0. The van der Waals surface area contributed by atoms with E-state index in [1.807, 2.05) is 24.3 Å². The van der Waals surface area contributed by atoms with E-state index in [9.17, 15) is 4.79 Å². The van der Waals surface area contributed by atoms with Gasteiger partial charge in [-0.15, -0.1) is 0 Å². The Kier molecular flexibility index (Phi) is 5.30. The Morgan fingerprint density at radius 3 is 2.30 bits per heavy atom. The second kappa shape index (κ2) is 7.82. The number of para-hydroxylation sites is 2. The van der Waals surface area contributed by atoms with Crippen molar-refractivity contribution in [3.63, 3.8) is 0 Å². The average molecular weight is 308 g/mol. The van der Waals surface area contributed by atoms with Gasteiger partial charge in [-0.3, -0.25) is 4.79 Å². The topological polar surface area (TPSA) is 41.1 Å². The minimum atomic E-state index is 0.260. The molecule has 0 saturated heterocycles. The number of Topliss-reactive ketones (excluding diaryl/α,β-unsaturated/α-hetero) is 1. The molecule has 0 amide bonds.